The summed E-state index contributed by atoms with van der Waals surface area (Å²) in [5.74, 6) is -0.0498. The summed E-state index contributed by atoms with van der Waals surface area (Å²) in [5, 5.41) is 0. The van der Waals surface area contributed by atoms with Gasteiger partial charge in [-0.05, 0) is 54.6 Å². The number of hydrogen-bond acceptors (Lipinski definition) is 1. The third-order valence-corrected chi connectivity index (χ3v) is 3.43. The summed E-state index contributed by atoms with van der Waals surface area (Å²) >= 11 is 7.65. The molecule has 0 atom stereocenters. The van der Waals surface area contributed by atoms with Crippen LogP contribution in [0.25, 0.3) is 0 Å². The van der Waals surface area contributed by atoms with Crippen molar-refractivity contribution in [3.8, 4) is 0 Å². The van der Waals surface area contributed by atoms with Crippen molar-refractivity contribution in [1.29, 1.82) is 0 Å². The van der Waals surface area contributed by atoms with Gasteiger partial charge >= 0.3 is 0 Å². The van der Waals surface area contributed by atoms with Gasteiger partial charge in [-0.15, -0.1) is 11.6 Å². The number of alkyl halides is 1. The second-order valence-electron chi connectivity index (χ2n) is 3.91. The second-order valence-corrected chi connectivity index (χ2v) is 5.45. The quantitative estimate of drug-likeness (QED) is 0.587. The van der Waals surface area contributed by atoms with Gasteiger partial charge in [0.1, 0.15) is 5.82 Å². The number of halogens is 3. The van der Waals surface area contributed by atoms with Crippen LogP contribution in [0.4, 0.5) is 4.39 Å². The Morgan fingerprint density at radius 1 is 1.53 bits per heavy atom. The Morgan fingerprint density at radius 2 is 2.18 bits per heavy atom. The minimum Gasteiger partial charge on any atom is -0.335 e. The topological polar surface area (TPSA) is 20.3 Å². The molecule has 0 aromatic heterocycles. The van der Waals surface area contributed by atoms with Crippen LogP contribution in [0.1, 0.15) is 24.2 Å². The average molecular weight is 370 g/mol. The van der Waals surface area contributed by atoms with E-state index in [9.17, 15) is 9.18 Å². The van der Waals surface area contributed by atoms with E-state index >= 15 is 0 Å². The van der Waals surface area contributed by atoms with Gasteiger partial charge in [-0.25, -0.2) is 4.39 Å². The summed E-state index contributed by atoms with van der Waals surface area (Å²) < 4.78 is 13.6. The Labute approximate surface area is 119 Å². The average Bonchev–Trinajstić information content (AvgIpc) is 2.24. The number of benzene rings is 1. The van der Waals surface area contributed by atoms with E-state index in [1.165, 1.54) is 18.2 Å². The standard InChI is InChI=1S/C12H14ClFINO/c1-8(2)16(6-5-13)12(17)10-4-3-9(14)7-11(10)15/h3-4,7-8H,5-6H2,1-2H3. The third-order valence-electron chi connectivity index (χ3n) is 2.37. The van der Waals surface area contributed by atoms with Crippen molar-refractivity contribution in [2.75, 3.05) is 12.4 Å². The molecule has 0 saturated heterocycles. The molecule has 0 heterocycles. The summed E-state index contributed by atoms with van der Waals surface area (Å²) in [4.78, 5) is 13.9. The molecule has 1 aromatic rings. The lowest BCUT2D eigenvalue weighted by Crippen LogP contribution is -2.38. The first-order valence-corrected chi connectivity index (χ1v) is 6.90. The predicted molar refractivity (Wildman–Crippen MR) is 76.0 cm³/mol. The molecular weight excluding hydrogens is 355 g/mol. The van der Waals surface area contributed by atoms with Crippen LogP contribution >= 0.6 is 34.2 Å². The van der Waals surface area contributed by atoms with Gasteiger partial charge < -0.3 is 4.90 Å². The number of carbonyl (C=O) groups excluding carboxylic acids is 1. The largest absolute Gasteiger partial charge is 0.335 e. The number of nitrogens with zero attached hydrogens (tertiary/aromatic N) is 1. The molecule has 0 radical (unpaired) electrons. The summed E-state index contributed by atoms with van der Waals surface area (Å²) in [6.45, 7) is 4.35. The van der Waals surface area contributed by atoms with Crippen LogP contribution in [0.15, 0.2) is 18.2 Å². The first-order chi connectivity index (χ1) is 7.97. The summed E-state index contributed by atoms with van der Waals surface area (Å²) in [5.41, 5.74) is 0.519. The van der Waals surface area contributed by atoms with Crippen molar-refractivity contribution >= 4 is 40.1 Å². The molecule has 0 aliphatic rings. The number of carbonyl (C=O) groups is 1. The van der Waals surface area contributed by atoms with Gasteiger partial charge in [0.2, 0.25) is 0 Å². The lowest BCUT2D eigenvalue weighted by Gasteiger charge is -2.26. The highest BCUT2D eigenvalue weighted by molar-refractivity contribution is 14.1. The Bertz CT molecular complexity index is 411. The van der Waals surface area contributed by atoms with Gasteiger partial charge in [0.25, 0.3) is 5.91 Å². The fourth-order valence-corrected chi connectivity index (χ4v) is 2.39. The summed E-state index contributed by atoms with van der Waals surface area (Å²) in [6.07, 6.45) is 0. The molecule has 0 N–H and O–H groups in total. The third kappa shape index (κ3) is 3.81. The van der Waals surface area contributed by atoms with Crippen molar-refractivity contribution < 1.29 is 9.18 Å². The van der Waals surface area contributed by atoms with E-state index in [-0.39, 0.29) is 17.8 Å². The van der Waals surface area contributed by atoms with E-state index in [0.29, 0.717) is 21.6 Å². The number of hydrogen-bond donors (Lipinski definition) is 0. The Morgan fingerprint density at radius 3 is 2.65 bits per heavy atom. The molecule has 0 unspecified atom stereocenters. The fourth-order valence-electron chi connectivity index (χ4n) is 1.50. The lowest BCUT2D eigenvalue weighted by molar-refractivity contribution is 0.0717. The molecule has 0 saturated carbocycles. The highest BCUT2D eigenvalue weighted by Crippen LogP contribution is 2.17. The van der Waals surface area contributed by atoms with Gasteiger partial charge in [-0.3, -0.25) is 4.79 Å². The SMILES string of the molecule is CC(C)N(CCCl)C(=O)c1ccc(F)cc1I. The number of amides is 1. The van der Waals surface area contributed by atoms with Crippen LogP contribution in [0.3, 0.4) is 0 Å². The first kappa shape index (κ1) is 14.7. The molecule has 0 fully saturated rings. The van der Waals surface area contributed by atoms with Gasteiger partial charge in [-0.2, -0.15) is 0 Å². The molecular formula is C12H14ClFINO. The van der Waals surface area contributed by atoms with Crippen molar-refractivity contribution in [3.63, 3.8) is 0 Å². The second kappa shape index (κ2) is 6.54. The van der Waals surface area contributed by atoms with E-state index in [1.54, 1.807) is 4.90 Å². The molecule has 0 spiro atoms. The first-order valence-electron chi connectivity index (χ1n) is 5.29. The van der Waals surface area contributed by atoms with Crippen LogP contribution in [0.2, 0.25) is 0 Å². The summed E-state index contributed by atoms with van der Waals surface area (Å²) in [7, 11) is 0. The maximum Gasteiger partial charge on any atom is 0.255 e. The van der Waals surface area contributed by atoms with Crippen molar-refractivity contribution in [3.05, 3.63) is 33.1 Å². The molecule has 17 heavy (non-hydrogen) atoms. The van der Waals surface area contributed by atoms with Crippen LogP contribution in [0, 0.1) is 9.39 Å². The van der Waals surface area contributed by atoms with Gasteiger partial charge in [-0.1, -0.05) is 0 Å². The minimum atomic E-state index is -0.334. The molecule has 0 bridgehead atoms. The predicted octanol–water partition coefficient (Wildman–Crippen LogP) is 3.52. The maximum atomic E-state index is 13.0. The Balaban J connectivity index is 3.01. The van der Waals surface area contributed by atoms with Crippen LogP contribution in [-0.4, -0.2) is 29.3 Å². The maximum absolute atomic E-state index is 13.0. The normalized spacial score (nSPS) is 10.7. The molecule has 94 valence electrons. The Kier molecular flexibility index (Phi) is 5.66. The zero-order chi connectivity index (χ0) is 13.0. The van der Waals surface area contributed by atoms with Crippen molar-refractivity contribution in [2.45, 2.75) is 19.9 Å². The van der Waals surface area contributed by atoms with Crippen molar-refractivity contribution in [1.82, 2.24) is 4.90 Å². The molecule has 0 aliphatic carbocycles. The zero-order valence-electron chi connectivity index (χ0n) is 9.71. The van der Waals surface area contributed by atoms with E-state index in [1.807, 2.05) is 36.4 Å². The molecule has 1 amide bonds. The van der Waals surface area contributed by atoms with Crippen LogP contribution in [-0.2, 0) is 0 Å². The summed E-state index contributed by atoms with van der Waals surface area (Å²) in [6, 6.07) is 4.24. The zero-order valence-corrected chi connectivity index (χ0v) is 12.6. The van der Waals surface area contributed by atoms with Gasteiger partial charge in [0.15, 0.2) is 0 Å². The minimum absolute atomic E-state index is 0.0714. The Hall–Kier alpha value is -0.360. The highest BCUT2D eigenvalue weighted by Gasteiger charge is 2.20. The van der Waals surface area contributed by atoms with E-state index in [2.05, 4.69) is 0 Å². The van der Waals surface area contributed by atoms with Crippen LogP contribution in [0.5, 0.6) is 0 Å². The van der Waals surface area contributed by atoms with E-state index < -0.39 is 0 Å². The smallest absolute Gasteiger partial charge is 0.255 e. The lowest BCUT2D eigenvalue weighted by atomic mass is 10.1. The molecule has 2 nitrogen and oxygen atoms in total. The van der Waals surface area contributed by atoms with Gasteiger partial charge in [0.05, 0.1) is 5.56 Å². The molecule has 5 heteroatoms. The monoisotopic (exact) mass is 369 g/mol. The fraction of sp³-hybridized carbons (Fsp3) is 0.417. The van der Waals surface area contributed by atoms with Gasteiger partial charge in [0, 0.05) is 22.0 Å². The van der Waals surface area contributed by atoms with E-state index in [0.717, 1.165) is 0 Å². The van der Waals surface area contributed by atoms with E-state index in [4.69, 9.17) is 11.6 Å². The van der Waals surface area contributed by atoms with Crippen molar-refractivity contribution in [2.24, 2.45) is 0 Å². The van der Waals surface area contributed by atoms with Crippen LogP contribution < -0.4 is 0 Å². The molecule has 0 aliphatic heterocycles. The molecule has 1 rings (SSSR count). The number of rotatable bonds is 4. The highest BCUT2D eigenvalue weighted by atomic mass is 127. The molecule has 1 aromatic carbocycles.